The summed E-state index contributed by atoms with van der Waals surface area (Å²) in [7, 11) is 0. The number of carbonyl (C=O) groups is 1. The van der Waals surface area contributed by atoms with E-state index in [1.165, 1.54) is 16.9 Å². The van der Waals surface area contributed by atoms with Crippen LogP contribution in [0.4, 0.5) is 5.13 Å². The van der Waals surface area contributed by atoms with E-state index in [2.05, 4.69) is 30.2 Å². The Morgan fingerprint density at radius 3 is 3.00 bits per heavy atom. The smallest absolute Gasteiger partial charge is 0.226 e. The third-order valence-electron chi connectivity index (χ3n) is 2.80. The van der Waals surface area contributed by atoms with E-state index in [-0.39, 0.29) is 5.91 Å². The van der Waals surface area contributed by atoms with Crippen LogP contribution in [0.1, 0.15) is 38.2 Å². The SMILES string of the molecule is CCCCCC(=O)Nc1nc2ccc(C)cc2s1. The van der Waals surface area contributed by atoms with Crippen molar-refractivity contribution in [2.45, 2.75) is 39.5 Å². The monoisotopic (exact) mass is 262 g/mol. The molecule has 4 heteroatoms. The fourth-order valence-corrected chi connectivity index (χ4v) is 2.78. The number of rotatable bonds is 5. The number of unbranched alkanes of at least 4 members (excludes halogenated alkanes) is 2. The van der Waals surface area contributed by atoms with E-state index in [1.807, 2.05) is 12.1 Å². The first kappa shape index (κ1) is 13.0. The van der Waals surface area contributed by atoms with Crippen LogP contribution < -0.4 is 5.32 Å². The average Bonchev–Trinajstić information content (AvgIpc) is 2.70. The summed E-state index contributed by atoms with van der Waals surface area (Å²) in [6.07, 6.45) is 3.77. The molecule has 0 saturated heterocycles. The van der Waals surface area contributed by atoms with Gasteiger partial charge in [0.25, 0.3) is 0 Å². The van der Waals surface area contributed by atoms with Gasteiger partial charge in [-0.05, 0) is 31.0 Å². The zero-order chi connectivity index (χ0) is 13.0. The van der Waals surface area contributed by atoms with Gasteiger partial charge >= 0.3 is 0 Å². The lowest BCUT2D eigenvalue weighted by molar-refractivity contribution is -0.116. The minimum absolute atomic E-state index is 0.0687. The third-order valence-corrected chi connectivity index (χ3v) is 3.73. The molecule has 0 radical (unpaired) electrons. The standard InChI is InChI=1S/C14H18N2OS/c1-3-4-5-6-13(17)16-14-15-11-8-7-10(2)9-12(11)18-14/h7-9H,3-6H2,1-2H3,(H,15,16,17). The molecule has 0 bridgehead atoms. The van der Waals surface area contributed by atoms with Crippen molar-refractivity contribution in [2.24, 2.45) is 0 Å². The van der Waals surface area contributed by atoms with Crippen LogP contribution in [0.15, 0.2) is 18.2 Å². The average molecular weight is 262 g/mol. The second kappa shape index (κ2) is 5.96. The van der Waals surface area contributed by atoms with E-state index >= 15 is 0 Å². The molecule has 0 aliphatic carbocycles. The van der Waals surface area contributed by atoms with Gasteiger partial charge in [0.15, 0.2) is 5.13 Å². The zero-order valence-corrected chi connectivity index (χ0v) is 11.6. The molecule has 1 amide bonds. The highest BCUT2D eigenvalue weighted by molar-refractivity contribution is 7.22. The van der Waals surface area contributed by atoms with Gasteiger partial charge in [0.05, 0.1) is 10.2 Å². The number of anilines is 1. The van der Waals surface area contributed by atoms with Gasteiger partial charge in [-0.15, -0.1) is 0 Å². The maximum absolute atomic E-state index is 11.7. The Hall–Kier alpha value is -1.42. The summed E-state index contributed by atoms with van der Waals surface area (Å²) < 4.78 is 1.12. The molecule has 0 atom stereocenters. The van der Waals surface area contributed by atoms with Crippen molar-refractivity contribution in [2.75, 3.05) is 5.32 Å². The number of benzene rings is 1. The Balaban J connectivity index is 2.01. The summed E-state index contributed by atoms with van der Waals surface area (Å²) in [6.45, 7) is 4.19. The van der Waals surface area contributed by atoms with Crippen molar-refractivity contribution in [1.82, 2.24) is 4.98 Å². The van der Waals surface area contributed by atoms with E-state index < -0.39 is 0 Å². The molecule has 2 aromatic rings. The number of amides is 1. The summed E-state index contributed by atoms with van der Waals surface area (Å²) in [5, 5.41) is 3.58. The second-order valence-electron chi connectivity index (χ2n) is 4.50. The largest absolute Gasteiger partial charge is 0.302 e. The lowest BCUT2D eigenvalue weighted by atomic mass is 10.2. The number of thiazole rings is 1. The number of hydrogen-bond acceptors (Lipinski definition) is 3. The number of nitrogens with zero attached hydrogens (tertiary/aromatic N) is 1. The molecule has 0 saturated carbocycles. The van der Waals surface area contributed by atoms with Crippen LogP contribution in [0.25, 0.3) is 10.2 Å². The first-order valence-corrected chi connectivity index (χ1v) is 7.17. The molecule has 0 spiro atoms. The summed E-state index contributed by atoms with van der Waals surface area (Å²) in [4.78, 5) is 16.1. The van der Waals surface area contributed by atoms with Crippen molar-refractivity contribution in [3.8, 4) is 0 Å². The van der Waals surface area contributed by atoms with E-state index in [9.17, 15) is 4.79 Å². The Kier molecular flexibility index (Phi) is 4.31. The Morgan fingerprint density at radius 2 is 2.22 bits per heavy atom. The van der Waals surface area contributed by atoms with Gasteiger partial charge < -0.3 is 5.32 Å². The molecule has 18 heavy (non-hydrogen) atoms. The van der Waals surface area contributed by atoms with Crippen molar-refractivity contribution >= 4 is 32.6 Å². The highest BCUT2D eigenvalue weighted by Crippen LogP contribution is 2.26. The molecule has 1 N–H and O–H groups in total. The van der Waals surface area contributed by atoms with Crippen LogP contribution in [-0.2, 0) is 4.79 Å². The normalized spacial score (nSPS) is 10.8. The fraction of sp³-hybridized carbons (Fsp3) is 0.429. The third kappa shape index (κ3) is 3.29. The van der Waals surface area contributed by atoms with E-state index in [1.54, 1.807) is 0 Å². The van der Waals surface area contributed by atoms with Crippen molar-refractivity contribution < 1.29 is 4.79 Å². The maximum Gasteiger partial charge on any atom is 0.226 e. The summed E-state index contributed by atoms with van der Waals surface area (Å²) in [5.74, 6) is 0.0687. The van der Waals surface area contributed by atoms with Crippen molar-refractivity contribution in [1.29, 1.82) is 0 Å². The van der Waals surface area contributed by atoms with Crippen LogP contribution in [0, 0.1) is 6.92 Å². The van der Waals surface area contributed by atoms with Gasteiger partial charge in [-0.25, -0.2) is 4.98 Å². The predicted octanol–water partition coefficient (Wildman–Crippen LogP) is 4.12. The number of carbonyl (C=O) groups excluding carboxylic acids is 1. The van der Waals surface area contributed by atoms with Gasteiger partial charge in [-0.2, -0.15) is 0 Å². The molecule has 0 aliphatic rings. The summed E-state index contributed by atoms with van der Waals surface area (Å²) >= 11 is 1.54. The molecule has 0 aliphatic heterocycles. The highest BCUT2D eigenvalue weighted by atomic mass is 32.1. The van der Waals surface area contributed by atoms with Gasteiger partial charge in [0.2, 0.25) is 5.91 Å². The van der Waals surface area contributed by atoms with Crippen LogP contribution >= 0.6 is 11.3 Å². The maximum atomic E-state index is 11.7. The molecular weight excluding hydrogens is 244 g/mol. The molecule has 0 unspecified atom stereocenters. The van der Waals surface area contributed by atoms with Crippen molar-refractivity contribution in [3.63, 3.8) is 0 Å². The van der Waals surface area contributed by atoms with E-state index in [0.717, 1.165) is 29.5 Å². The van der Waals surface area contributed by atoms with Gasteiger partial charge in [0, 0.05) is 6.42 Å². The highest BCUT2D eigenvalue weighted by Gasteiger charge is 2.07. The first-order valence-electron chi connectivity index (χ1n) is 6.36. The fourth-order valence-electron chi connectivity index (χ4n) is 1.80. The predicted molar refractivity (Wildman–Crippen MR) is 77.1 cm³/mol. The number of nitrogens with one attached hydrogen (secondary N) is 1. The second-order valence-corrected chi connectivity index (χ2v) is 5.53. The first-order chi connectivity index (χ1) is 8.69. The molecule has 0 fully saturated rings. The van der Waals surface area contributed by atoms with E-state index in [4.69, 9.17) is 0 Å². The quantitative estimate of drug-likeness (QED) is 0.823. The minimum atomic E-state index is 0.0687. The van der Waals surface area contributed by atoms with Gasteiger partial charge in [0.1, 0.15) is 0 Å². The molecule has 1 aromatic carbocycles. The molecule has 96 valence electrons. The van der Waals surface area contributed by atoms with Crippen molar-refractivity contribution in [3.05, 3.63) is 23.8 Å². The van der Waals surface area contributed by atoms with E-state index in [0.29, 0.717) is 11.6 Å². The van der Waals surface area contributed by atoms with Crippen LogP contribution in [-0.4, -0.2) is 10.9 Å². The number of fused-ring (bicyclic) bond motifs is 1. The Bertz CT molecular complexity index is 548. The van der Waals surface area contributed by atoms with Crippen LogP contribution in [0.3, 0.4) is 0 Å². The molecule has 1 aromatic heterocycles. The summed E-state index contributed by atoms with van der Waals surface area (Å²) in [5.41, 5.74) is 2.17. The van der Waals surface area contributed by atoms with Gasteiger partial charge in [-0.3, -0.25) is 4.79 Å². The zero-order valence-electron chi connectivity index (χ0n) is 10.8. The Morgan fingerprint density at radius 1 is 1.39 bits per heavy atom. The Labute approximate surface area is 111 Å². The lowest BCUT2D eigenvalue weighted by Gasteiger charge is -1.99. The lowest BCUT2D eigenvalue weighted by Crippen LogP contribution is -2.10. The summed E-state index contributed by atoms with van der Waals surface area (Å²) in [6, 6.07) is 6.13. The minimum Gasteiger partial charge on any atom is -0.302 e. The van der Waals surface area contributed by atoms with Gasteiger partial charge in [-0.1, -0.05) is 37.2 Å². The topological polar surface area (TPSA) is 42.0 Å². The molecule has 1 heterocycles. The number of hydrogen-bond donors (Lipinski definition) is 1. The number of aromatic nitrogens is 1. The molecular formula is C14H18N2OS. The van der Waals surface area contributed by atoms with Crippen LogP contribution in [0.2, 0.25) is 0 Å². The molecule has 3 nitrogen and oxygen atoms in total. The van der Waals surface area contributed by atoms with Crippen LogP contribution in [0.5, 0.6) is 0 Å². The molecule has 2 rings (SSSR count). The number of aryl methyl sites for hydroxylation is 1.